The normalized spacial score (nSPS) is 12.3. The zero-order valence-corrected chi connectivity index (χ0v) is 9.57. The lowest BCUT2D eigenvalue weighted by atomic mass is 9.90. The third-order valence-electron chi connectivity index (χ3n) is 2.57. The van der Waals surface area contributed by atoms with Crippen molar-refractivity contribution in [3.8, 4) is 5.75 Å². The summed E-state index contributed by atoms with van der Waals surface area (Å²) >= 11 is 0. The minimum absolute atomic E-state index is 0.0572. The number of fused-ring (bicyclic) bond motifs is 1. The van der Waals surface area contributed by atoms with Crippen LogP contribution in [-0.2, 0) is 12.5 Å². The first kappa shape index (κ1) is 10.0. The molecule has 0 saturated heterocycles. The second kappa shape index (κ2) is 2.99. The molecule has 0 radical (unpaired) electrons. The van der Waals surface area contributed by atoms with Crippen LogP contribution in [-0.4, -0.2) is 14.9 Å². The largest absolute Gasteiger partial charge is 0.507 e. The molecule has 1 N–H and O–H groups in total. The van der Waals surface area contributed by atoms with Crippen LogP contribution in [0.1, 0.15) is 26.5 Å². The zero-order chi connectivity index (χ0) is 11.2. The van der Waals surface area contributed by atoms with Crippen molar-refractivity contribution in [3.05, 3.63) is 23.9 Å². The van der Waals surface area contributed by atoms with Crippen LogP contribution < -0.4 is 0 Å². The highest BCUT2D eigenvalue weighted by Crippen LogP contribution is 2.34. The van der Waals surface area contributed by atoms with E-state index in [1.54, 1.807) is 6.07 Å². The Bertz CT molecular complexity index is 506. The minimum Gasteiger partial charge on any atom is -0.507 e. The molecule has 0 fully saturated rings. The van der Waals surface area contributed by atoms with Gasteiger partial charge in [-0.1, -0.05) is 26.8 Å². The molecule has 0 atom stereocenters. The summed E-state index contributed by atoms with van der Waals surface area (Å²) in [4.78, 5) is 0. The molecule has 0 saturated carbocycles. The van der Waals surface area contributed by atoms with E-state index in [-0.39, 0.29) is 5.41 Å². The summed E-state index contributed by atoms with van der Waals surface area (Å²) in [5, 5.41) is 15.2. The van der Waals surface area contributed by atoms with Crippen molar-refractivity contribution >= 4 is 10.9 Å². The number of phenolic OH excluding ortho intramolecular Hbond substituents is 1. The van der Waals surface area contributed by atoms with Crippen molar-refractivity contribution < 1.29 is 5.11 Å². The number of aryl methyl sites for hydroxylation is 1. The first-order chi connectivity index (χ1) is 6.91. The van der Waals surface area contributed by atoms with Gasteiger partial charge in [0.05, 0.1) is 16.6 Å². The first-order valence-electron chi connectivity index (χ1n) is 5.06. The maximum absolute atomic E-state index is 9.88. The summed E-state index contributed by atoms with van der Waals surface area (Å²) in [6.45, 7) is 6.30. The monoisotopic (exact) mass is 204 g/mol. The van der Waals surface area contributed by atoms with Gasteiger partial charge in [-0.05, 0) is 12.1 Å². The van der Waals surface area contributed by atoms with Gasteiger partial charge in [-0.25, -0.2) is 0 Å². The number of nitrogens with zero attached hydrogens (tertiary/aromatic N) is 2. The highest BCUT2D eigenvalue weighted by atomic mass is 16.3. The molecule has 2 rings (SSSR count). The number of aromatic nitrogens is 2. The summed E-state index contributed by atoms with van der Waals surface area (Å²) in [5.41, 5.74) is 1.86. The number of phenols is 1. The standard InChI is InChI=1S/C12H16N2O/c1-12(2,3)11-10-8(14(4)13-11)6-5-7-9(10)15/h5-7,15H,1-4H3. The van der Waals surface area contributed by atoms with Crippen LogP contribution in [0.3, 0.4) is 0 Å². The molecule has 1 aromatic heterocycles. The van der Waals surface area contributed by atoms with Crippen LogP contribution >= 0.6 is 0 Å². The smallest absolute Gasteiger partial charge is 0.126 e. The van der Waals surface area contributed by atoms with Gasteiger partial charge in [0.1, 0.15) is 5.75 Å². The lowest BCUT2D eigenvalue weighted by Crippen LogP contribution is -2.12. The van der Waals surface area contributed by atoms with E-state index >= 15 is 0 Å². The molecule has 3 heteroatoms. The van der Waals surface area contributed by atoms with Gasteiger partial charge in [-0.15, -0.1) is 0 Å². The van der Waals surface area contributed by atoms with Crippen molar-refractivity contribution in [3.63, 3.8) is 0 Å². The van der Waals surface area contributed by atoms with E-state index in [1.807, 2.05) is 23.9 Å². The Labute approximate surface area is 89.3 Å². The van der Waals surface area contributed by atoms with E-state index in [1.165, 1.54) is 0 Å². The quantitative estimate of drug-likeness (QED) is 0.716. The number of rotatable bonds is 0. The Morgan fingerprint density at radius 1 is 1.27 bits per heavy atom. The molecule has 0 aliphatic heterocycles. The lowest BCUT2D eigenvalue weighted by molar-refractivity contribution is 0.479. The Balaban J connectivity index is 2.88. The average molecular weight is 204 g/mol. The van der Waals surface area contributed by atoms with Crippen molar-refractivity contribution in [2.45, 2.75) is 26.2 Å². The molecule has 3 nitrogen and oxygen atoms in total. The minimum atomic E-state index is -0.0572. The third kappa shape index (κ3) is 1.48. The molecule has 1 heterocycles. The van der Waals surface area contributed by atoms with Gasteiger partial charge in [0.25, 0.3) is 0 Å². The highest BCUT2D eigenvalue weighted by Gasteiger charge is 2.23. The molecule has 0 spiro atoms. The Morgan fingerprint density at radius 3 is 2.53 bits per heavy atom. The topological polar surface area (TPSA) is 38.0 Å². The number of benzene rings is 1. The fraction of sp³-hybridized carbons (Fsp3) is 0.417. The van der Waals surface area contributed by atoms with Crippen LogP contribution in [0.2, 0.25) is 0 Å². The summed E-state index contributed by atoms with van der Waals surface area (Å²) in [5.74, 6) is 0.311. The van der Waals surface area contributed by atoms with Gasteiger partial charge in [0.2, 0.25) is 0 Å². The van der Waals surface area contributed by atoms with Gasteiger partial charge in [0, 0.05) is 12.5 Å². The van der Waals surface area contributed by atoms with E-state index in [0.717, 1.165) is 16.6 Å². The zero-order valence-electron chi connectivity index (χ0n) is 9.57. The van der Waals surface area contributed by atoms with Crippen molar-refractivity contribution in [1.82, 2.24) is 9.78 Å². The summed E-state index contributed by atoms with van der Waals surface area (Å²) in [6.07, 6.45) is 0. The highest BCUT2D eigenvalue weighted by molar-refractivity contribution is 5.88. The molecule has 15 heavy (non-hydrogen) atoms. The maximum Gasteiger partial charge on any atom is 0.126 e. The van der Waals surface area contributed by atoms with Crippen LogP contribution in [0.5, 0.6) is 5.75 Å². The summed E-state index contributed by atoms with van der Waals surface area (Å²) in [7, 11) is 1.90. The fourth-order valence-corrected chi connectivity index (χ4v) is 1.82. The van der Waals surface area contributed by atoms with Crippen LogP contribution in [0.15, 0.2) is 18.2 Å². The fourth-order valence-electron chi connectivity index (χ4n) is 1.82. The van der Waals surface area contributed by atoms with Gasteiger partial charge in [-0.3, -0.25) is 4.68 Å². The second-order valence-electron chi connectivity index (χ2n) is 4.89. The predicted molar refractivity (Wildman–Crippen MR) is 61.1 cm³/mol. The Kier molecular flexibility index (Phi) is 2.00. The van der Waals surface area contributed by atoms with E-state index < -0.39 is 0 Å². The van der Waals surface area contributed by atoms with Gasteiger partial charge in [0.15, 0.2) is 0 Å². The molecular weight excluding hydrogens is 188 g/mol. The molecule has 0 bridgehead atoms. The van der Waals surface area contributed by atoms with Crippen LogP contribution in [0.4, 0.5) is 0 Å². The molecule has 0 aliphatic rings. The van der Waals surface area contributed by atoms with E-state index in [9.17, 15) is 5.11 Å². The Hall–Kier alpha value is -1.51. The summed E-state index contributed by atoms with van der Waals surface area (Å²) < 4.78 is 1.82. The lowest BCUT2D eigenvalue weighted by Gasteiger charge is -2.15. The molecule has 0 aliphatic carbocycles. The molecule has 2 aromatic rings. The molecule has 1 aromatic carbocycles. The predicted octanol–water partition coefficient (Wildman–Crippen LogP) is 2.58. The third-order valence-corrected chi connectivity index (χ3v) is 2.57. The van der Waals surface area contributed by atoms with E-state index in [4.69, 9.17) is 0 Å². The molecule has 0 amide bonds. The van der Waals surface area contributed by atoms with Crippen LogP contribution in [0.25, 0.3) is 10.9 Å². The van der Waals surface area contributed by atoms with Gasteiger partial charge in [-0.2, -0.15) is 5.10 Å². The van der Waals surface area contributed by atoms with Crippen molar-refractivity contribution in [2.75, 3.05) is 0 Å². The van der Waals surface area contributed by atoms with Crippen molar-refractivity contribution in [2.24, 2.45) is 7.05 Å². The molecule has 0 unspecified atom stereocenters. The summed E-state index contributed by atoms with van der Waals surface area (Å²) in [6, 6.07) is 5.52. The van der Waals surface area contributed by atoms with E-state index in [2.05, 4.69) is 25.9 Å². The second-order valence-corrected chi connectivity index (χ2v) is 4.89. The van der Waals surface area contributed by atoms with Gasteiger partial charge >= 0.3 is 0 Å². The number of hydrogen-bond donors (Lipinski definition) is 1. The SMILES string of the molecule is Cn1nc(C(C)(C)C)c2c(O)cccc21. The van der Waals surface area contributed by atoms with Crippen molar-refractivity contribution in [1.29, 1.82) is 0 Å². The number of aromatic hydroxyl groups is 1. The first-order valence-corrected chi connectivity index (χ1v) is 5.06. The van der Waals surface area contributed by atoms with Gasteiger partial charge < -0.3 is 5.11 Å². The van der Waals surface area contributed by atoms with E-state index in [0.29, 0.717) is 5.75 Å². The maximum atomic E-state index is 9.88. The Morgan fingerprint density at radius 2 is 1.93 bits per heavy atom. The van der Waals surface area contributed by atoms with Crippen LogP contribution in [0, 0.1) is 0 Å². The number of hydrogen-bond acceptors (Lipinski definition) is 2. The molecular formula is C12H16N2O. The average Bonchev–Trinajstić information content (AvgIpc) is 2.45. The molecule has 80 valence electrons.